The number of hydrogen-bond acceptors (Lipinski definition) is 4. The Kier molecular flexibility index (Phi) is 5.11. The van der Waals surface area contributed by atoms with E-state index in [0.717, 1.165) is 36.5 Å². The van der Waals surface area contributed by atoms with Gasteiger partial charge in [0.05, 0.1) is 5.69 Å². The van der Waals surface area contributed by atoms with Gasteiger partial charge in [0.1, 0.15) is 11.6 Å². The molecule has 2 saturated heterocycles. The molecule has 2 fully saturated rings. The van der Waals surface area contributed by atoms with Crippen molar-refractivity contribution in [3.8, 4) is 0 Å². The van der Waals surface area contributed by atoms with Crippen molar-refractivity contribution in [3.05, 3.63) is 17.6 Å². The molecule has 0 saturated carbocycles. The van der Waals surface area contributed by atoms with Crippen molar-refractivity contribution in [2.75, 3.05) is 31.1 Å². The van der Waals surface area contributed by atoms with Crippen LogP contribution in [0.1, 0.15) is 78.7 Å². The maximum absolute atomic E-state index is 4.97. The topological polar surface area (TPSA) is 32.3 Å². The first kappa shape index (κ1) is 18.6. The summed E-state index contributed by atoms with van der Waals surface area (Å²) in [5, 5.41) is 0. The fourth-order valence-electron chi connectivity index (χ4n) is 3.88. The lowest BCUT2D eigenvalue weighted by Gasteiger charge is -2.38. The van der Waals surface area contributed by atoms with Gasteiger partial charge in [0.25, 0.3) is 0 Å². The van der Waals surface area contributed by atoms with Crippen LogP contribution in [-0.4, -0.2) is 47.1 Å². The summed E-state index contributed by atoms with van der Waals surface area (Å²) in [5.74, 6) is 2.10. The van der Waals surface area contributed by atoms with Crippen LogP contribution in [0.15, 0.2) is 6.07 Å². The lowest BCUT2D eigenvalue weighted by Crippen LogP contribution is -2.44. The molecule has 0 atom stereocenters. The largest absolute Gasteiger partial charge is 0.356 e. The first-order chi connectivity index (χ1) is 11.6. The van der Waals surface area contributed by atoms with Crippen molar-refractivity contribution >= 4 is 5.82 Å². The van der Waals surface area contributed by atoms with Gasteiger partial charge in [0.15, 0.2) is 0 Å². The second-order valence-corrected chi connectivity index (χ2v) is 9.90. The van der Waals surface area contributed by atoms with E-state index < -0.39 is 0 Å². The van der Waals surface area contributed by atoms with Crippen LogP contribution in [0.4, 0.5) is 5.82 Å². The highest BCUT2D eigenvalue weighted by atomic mass is 15.2. The average molecular weight is 345 g/mol. The molecular formula is C21H36N4. The third-order valence-electron chi connectivity index (χ3n) is 5.60. The van der Waals surface area contributed by atoms with Gasteiger partial charge >= 0.3 is 0 Å². The van der Waals surface area contributed by atoms with Crippen molar-refractivity contribution < 1.29 is 0 Å². The summed E-state index contributed by atoms with van der Waals surface area (Å²) in [7, 11) is 0. The third kappa shape index (κ3) is 4.33. The highest BCUT2D eigenvalue weighted by Gasteiger charge is 2.29. The van der Waals surface area contributed by atoms with E-state index >= 15 is 0 Å². The van der Waals surface area contributed by atoms with Gasteiger partial charge in [-0.05, 0) is 38.8 Å². The molecular weight excluding hydrogens is 308 g/mol. The van der Waals surface area contributed by atoms with Crippen LogP contribution in [0.5, 0.6) is 0 Å². The first-order valence-corrected chi connectivity index (χ1v) is 10.0. The van der Waals surface area contributed by atoms with Crippen molar-refractivity contribution in [2.24, 2.45) is 0 Å². The summed E-state index contributed by atoms with van der Waals surface area (Å²) in [5.41, 5.74) is 1.18. The summed E-state index contributed by atoms with van der Waals surface area (Å²) in [6.45, 7) is 18.2. The fraction of sp³-hybridized carbons (Fsp3) is 0.810. The van der Waals surface area contributed by atoms with Crippen LogP contribution >= 0.6 is 0 Å². The van der Waals surface area contributed by atoms with Gasteiger partial charge in [-0.2, -0.15) is 0 Å². The predicted molar refractivity (Wildman–Crippen MR) is 105 cm³/mol. The fourth-order valence-corrected chi connectivity index (χ4v) is 3.88. The number of hydrogen-bond donors (Lipinski definition) is 0. The van der Waals surface area contributed by atoms with Crippen molar-refractivity contribution in [2.45, 2.75) is 84.1 Å². The zero-order valence-corrected chi connectivity index (χ0v) is 17.1. The molecule has 1 aromatic rings. The van der Waals surface area contributed by atoms with Gasteiger partial charge in [0, 0.05) is 36.0 Å². The Morgan fingerprint density at radius 1 is 0.840 bits per heavy atom. The van der Waals surface area contributed by atoms with Gasteiger partial charge in [-0.25, -0.2) is 9.97 Å². The Balaban J connectivity index is 1.79. The molecule has 140 valence electrons. The second-order valence-electron chi connectivity index (χ2n) is 9.90. The number of piperidine rings is 1. The quantitative estimate of drug-likeness (QED) is 0.807. The molecule has 2 aliphatic rings. The first-order valence-electron chi connectivity index (χ1n) is 10.0. The summed E-state index contributed by atoms with van der Waals surface area (Å²) < 4.78 is 0. The summed E-state index contributed by atoms with van der Waals surface area (Å²) in [6, 6.07) is 3.01. The van der Waals surface area contributed by atoms with E-state index in [1.54, 1.807) is 0 Å². The van der Waals surface area contributed by atoms with E-state index in [-0.39, 0.29) is 10.8 Å². The molecule has 0 amide bonds. The van der Waals surface area contributed by atoms with Crippen LogP contribution in [0.2, 0.25) is 0 Å². The molecule has 0 bridgehead atoms. The minimum absolute atomic E-state index is 0.0239. The van der Waals surface area contributed by atoms with E-state index in [2.05, 4.69) is 57.4 Å². The Morgan fingerprint density at radius 2 is 1.44 bits per heavy atom. The maximum atomic E-state index is 4.97. The van der Waals surface area contributed by atoms with Crippen molar-refractivity contribution in [1.29, 1.82) is 0 Å². The van der Waals surface area contributed by atoms with Crippen LogP contribution in [-0.2, 0) is 10.8 Å². The molecule has 0 N–H and O–H groups in total. The lowest BCUT2D eigenvalue weighted by atomic mass is 9.90. The van der Waals surface area contributed by atoms with Gasteiger partial charge < -0.3 is 9.80 Å². The highest BCUT2D eigenvalue weighted by Crippen LogP contribution is 2.30. The second kappa shape index (κ2) is 6.86. The van der Waals surface area contributed by atoms with Gasteiger partial charge in [0.2, 0.25) is 0 Å². The average Bonchev–Trinajstić information content (AvgIpc) is 3.07. The highest BCUT2D eigenvalue weighted by molar-refractivity contribution is 5.42. The van der Waals surface area contributed by atoms with Crippen LogP contribution in [0, 0.1) is 0 Å². The zero-order chi connectivity index (χ0) is 18.2. The zero-order valence-electron chi connectivity index (χ0n) is 17.1. The number of likely N-dealkylation sites (tertiary alicyclic amines) is 1. The molecule has 0 unspecified atom stereocenters. The SMILES string of the molecule is CC(C)(C)c1cc(N2CCC(N3CCCC3)CC2)nc(C(C)(C)C)n1. The molecule has 25 heavy (non-hydrogen) atoms. The normalized spacial score (nSPS) is 21.1. The smallest absolute Gasteiger partial charge is 0.136 e. The molecule has 0 aromatic carbocycles. The Bertz CT molecular complexity index is 551. The number of anilines is 1. The van der Waals surface area contributed by atoms with Crippen LogP contribution in [0.25, 0.3) is 0 Å². The molecule has 0 radical (unpaired) electrons. The molecule has 2 aliphatic heterocycles. The monoisotopic (exact) mass is 344 g/mol. The Morgan fingerprint density at radius 3 is 1.96 bits per heavy atom. The Hall–Kier alpha value is -1.16. The maximum Gasteiger partial charge on any atom is 0.136 e. The van der Waals surface area contributed by atoms with Gasteiger partial charge in [-0.3, -0.25) is 0 Å². The molecule has 1 aromatic heterocycles. The lowest BCUT2D eigenvalue weighted by molar-refractivity contribution is 0.207. The van der Waals surface area contributed by atoms with Crippen molar-refractivity contribution in [1.82, 2.24) is 14.9 Å². The van der Waals surface area contributed by atoms with Crippen LogP contribution in [0.3, 0.4) is 0 Å². The Labute approximate surface area is 154 Å². The van der Waals surface area contributed by atoms with Gasteiger partial charge in [-0.15, -0.1) is 0 Å². The minimum Gasteiger partial charge on any atom is -0.356 e. The molecule has 3 heterocycles. The minimum atomic E-state index is -0.0239. The van der Waals surface area contributed by atoms with Gasteiger partial charge in [-0.1, -0.05) is 41.5 Å². The molecule has 4 heteroatoms. The number of aromatic nitrogens is 2. The van der Waals surface area contributed by atoms with Crippen LogP contribution < -0.4 is 4.90 Å². The van der Waals surface area contributed by atoms with E-state index in [1.165, 1.54) is 38.8 Å². The summed E-state index contributed by atoms with van der Waals surface area (Å²) in [6.07, 6.45) is 5.30. The van der Waals surface area contributed by atoms with E-state index in [1.807, 2.05) is 0 Å². The molecule has 4 nitrogen and oxygen atoms in total. The standard InChI is InChI=1S/C21H36N4/c1-20(2,3)17-15-18(23-19(22-17)21(4,5)6)25-13-9-16(10-14-25)24-11-7-8-12-24/h15-16H,7-14H2,1-6H3. The van der Waals surface area contributed by atoms with E-state index in [4.69, 9.17) is 9.97 Å². The van der Waals surface area contributed by atoms with E-state index in [0.29, 0.717) is 0 Å². The molecule has 0 spiro atoms. The molecule has 3 rings (SSSR count). The number of rotatable bonds is 2. The molecule has 0 aliphatic carbocycles. The summed E-state index contributed by atoms with van der Waals surface area (Å²) in [4.78, 5) is 15.1. The summed E-state index contributed by atoms with van der Waals surface area (Å²) >= 11 is 0. The predicted octanol–water partition coefficient (Wildman–Crippen LogP) is 4.14. The third-order valence-corrected chi connectivity index (χ3v) is 5.60. The van der Waals surface area contributed by atoms with Crippen molar-refractivity contribution in [3.63, 3.8) is 0 Å². The van der Waals surface area contributed by atoms with E-state index in [9.17, 15) is 0 Å². The number of nitrogens with zero attached hydrogens (tertiary/aromatic N) is 4.